The number of rotatable bonds is 4. The Morgan fingerprint density at radius 2 is 1.91 bits per heavy atom. The van der Waals surface area contributed by atoms with Crippen molar-refractivity contribution in [1.29, 1.82) is 0 Å². The van der Waals surface area contributed by atoms with Gasteiger partial charge in [-0.15, -0.1) is 0 Å². The van der Waals surface area contributed by atoms with Crippen molar-refractivity contribution in [2.75, 3.05) is 0 Å². The summed E-state index contributed by atoms with van der Waals surface area (Å²) >= 11 is 0. The van der Waals surface area contributed by atoms with Crippen molar-refractivity contribution >= 4 is 11.8 Å². The number of alkyl halides is 2. The molecule has 0 amide bonds. The summed E-state index contributed by atoms with van der Waals surface area (Å²) in [6, 6.07) is 9.78. The number of benzene rings is 1. The second-order valence-corrected chi connectivity index (χ2v) is 11.3. The first-order valence-corrected chi connectivity index (χ1v) is 12.8. The van der Waals surface area contributed by atoms with Gasteiger partial charge in [-0.3, -0.25) is 9.59 Å². The summed E-state index contributed by atoms with van der Waals surface area (Å²) in [5.41, 5.74) is -3.12. The van der Waals surface area contributed by atoms with Crippen LogP contribution in [-0.4, -0.2) is 40.9 Å². The number of hydrogen-bond donors (Lipinski definition) is 1. The molecule has 188 valence electrons. The number of carbonyl (C=O) groups excluding carboxylic acids is 2. The van der Waals surface area contributed by atoms with E-state index in [1.807, 2.05) is 37.3 Å². The number of allylic oxidation sites excluding steroid dienone is 4. The summed E-state index contributed by atoms with van der Waals surface area (Å²) in [5.74, 6) is -1.80. The molecule has 6 heteroatoms. The molecule has 4 nitrogen and oxygen atoms in total. The summed E-state index contributed by atoms with van der Waals surface area (Å²) in [7, 11) is 0. The highest BCUT2D eigenvalue weighted by molar-refractivity contribution is 6.01. The molecule has 0 radical (unpaired) electrons. The predicted molar refractivity (Wildman–Crippen MR) is 128 cm³/mol. The summed E-state index contributed by atoms with van der Waals surface area (Å²) in [6.07, 6.45) is 1.92. The lowest BCUT2D eigenvalue weighted by atomic mass is 9.44. The molecular weight excluding hydrogens is 450 g/mol. The van der Waals surface area contributed by atoms with E-state index in [4.69, 9.17) is 4.74 Å². The fourth-order valence-corrected chi connectivity index (χ4v) is 8.03. The van der Waals surface area contributed by atoms with Crippen LogP contribution in [0.2, 0.25) is 0 Å². The van der Waals surface area contributed by atoms with Crippen molar-refractivity contribution in [3.63, 3.8) is 0 Å². The number of ketones is 1. The smallest absolute Gasteiger partial charge is 0.305 e. The average Bonchev–Trinajstić information content (AvgIpc) is 3.08. The molecule has 0 aliphatic heterocycles. The molecule has 0 bridgehead atoms. The molecule has 0 aromatic heterocycles. The molecule has 5 rings (SSSR count). The fraction of sp³-hybridized carbons (Fsp3) is 0.586. The Kier molecular flexibility index (Phi) is 5.82. The Morgan fingerprint density at radius 3 is 2.60 bits per heavy atom. The molecule has 4 aliphatic carbocycles. The van der Waals surface area contributed by atoms with E-state index in [0.29, 0.717) is 12.8 Å². The molecular formula is C29H34F2O4. The van der Waals surface area contributed by atoms with Gasteiger partial charge in [0.05, 0.1) is 6.10 Å². The third kappa shape index (κ3) is 3.39. The van der Waals surface area contributed by atoms with Gasteiger partial charge in [-0.2, -0.15) is 0 Å². The Balaban J connectivity index is 1.64. The van der Waals surface area contributed by atoms with Crippen LogP contribution in [0.1, 0.15) is 52.0 Å². The van der Waals surface area contributed by atoms with Gasteiger partial charge in [0.15, 0.2) is 11.5 Å². The molecule has 0 unspecified atom stereocenters. The van der Waals surface area contributed by atoms with Gasteiger partial charge in [-0.25, -0.2) is 8.78 Å². The minimum absolute atomic E-state index is 0.0555. The molecule has 3 fully saturated rings. The van der Waals surface area contributed by atoms with Crippen molar-refractivity contribution in [3.8, 4) is 0 Å². The average molecular weight is 485 g/mol. The standard InChI is InChI=1S/C29H34F2O4/c1-4-25(34)35-26-17(2)12-20-21-14-23(30)22-13-19(32)10-11-27(22,3)29(21,31)24(33)16-28(20,26)15-18-8-6-5-7-9-18/h5-11,13,17,20-21,23-24,26,33H,4,12,14-16H2,1-3H3/t17-,20+,21+,23+,24+,26-,27+,28+,29+/m1/s1. The topological polar surface area (TPSA) is 63.6 Å². The van der Waals surface area contributed by atoms with E-state index >= 15 is 8.78 Å². The largest absolute Gasteiger partial charge is 0.461 e. The lowest BCUT2D eigenvalue weighted by molar-refractivity contribution is -0.216. The quantitative estimate of drug-likeness (QED) is 0.605. The Bertz CT molecular complexity index is 1080. The second-order valence-electron chi connectivity index (χ2n) is 11.3. The zero-order valence-corrected chi connectivity index (χ0v) is 20.5. The Morgan fingerprint density at radius 1 is 1.20 bits per heavy atom. The number of esters is 1. The maximum absolute atomic E-state index is 17.4. The van der Waals surface area contributed by atoms with E-state index in [1.165, 1.54) is 18.2 Å². The Hall–Kier alpha value is -2.34. The van der Waals surface area contributed by atoms with E-state index < -0.39 is 40.8 Å². The summed E-state index contributed by atoms with van der Waals surface area (Å²) < 4.78 is 39.1. The SMILES string of the molecule is CCC(=O)O[C@@H]1[C@H](C)C[C@H]2[C@@H]3C[C@H](F)C4=CC(=O)C=C[C@]4(C)[C@@]3(F)[C@@H](O)C[C@]12Cc1ccccc1. The molecule has 35 heavy (non-hydrogen) atoms. The highest BCUT2D eigenvalue weighted by atomic mass is 19.1. The van der Waals surface area contributed by atoms with Crippen molar-refractivity contribution in [3.05, 3.63) is 59.7 Å². The number of fused-ring (bicyclic) bond motifs is 5. The number of aliphatic hydroxyl groups excluding tert-OH is 1. The van der Waals surface area contributed by atoms with Gasteiger partial charge in [0.2, 0.25) is 0 Å². The number of halogens is 2. The molecule has 1 N–H and O–H groups in total. The van der Waals surface area contributed by atoms with Gasteiger partial charge in [-0.1, -0.05) is 50.3 Å². The normalized spacial score (nSPS) is 44.2. The third-order valence-corrected chi connectivity index (χ3v) is 9.53. The van der Waals surface area contributed by atoms with Crippen LogP contribution in [-0.2, 0) is 20.7 Å². The van der Waals surface area contributed by atoms with Crippen molar-refractivity contribution in [1.82, 2.24) is 0 Å². The fourth-order valence-electron chi connectivity index (χ4n) is 8.03. The molecule has 3 saturated carbocycles. The van der Waals surface area contributed by atoms with Crippen molar-refractivity contribution in [2.45, 2.75) is 76.9 Å². The lowest BCUT2D eigenvalue weighted by Crippen LogP contribution is -2.69. The molecule has 0 spiro atoms. The zero-order chi connectivity index (χ0) is 25.2. The minimum atomic E-state index is -2.13. The third-order valence-electron chi connectivity index (χ3n) is 9.53. The molecule has 0 saturated heterocycles. The van der Waals surface area contributed by atoms with E-state index in [-0.39, 0.29) is 48.4 Å². The summed E-state index contributed by atoms with van der Waals surface area (Å²) in [5, 5.41) is 11.6. The number of carbonyl (C=O) groups is 2. The van der Waals surface area contributed by atoms with Gasteiger partial charge in [-0.05, 0) is 67.7 Å². The monoisotopic (exact) mass is 484 g/mol. The number of hydrogen-bond acceptors (Lipinski definition) is 4. The van der Waals surface area contributed by atoms with Crippen LogP contribution in [0.25, 0.3) is 0 Å². The zero-order valence-electron chi connectivity index (χ0n) is 20.5. The first-order valence-electron chi connectivity index (χ1n) is 12.8. The van der Waals surface area contributed by atoms with Crippen molar-refractivity contribution < 1.29 is 28.2 Å². The van der Waals surface area contributed by atoms with Crippen LogP contribution in [0.5, 0.6) is 0 Å². The number of ether oxygens (including phenoxy) is 1. The predicted octanol–water partition coefficient (Wildman–Crippen LogP) is 5.10. The van der Waals surface area contributed by atoms with E-state index in [1.54, 1.807) is 13.8 Å². The van der Waals surface area contributed by atoms with Gasteiger partial charge in [0.25, 0.3) is 0 Å². The molecule has 4 aliphatic rings. The van der Waals surface area contributed by atoms with E-state index in [0.717, 1.165) is 5.56 Å². The van der Waals surface area contributed by atoms with E-state index in [2.05, 4.69) is 0 Å². The molecule has 1 aromatic rings. The minimum Gasteiger partial charge on any atom is -0.461 e. The Labute approximate surface area is 205 Å². The van der Waals surface area contributed by atoms with Gasteiger partial charge < -0.3 is 9.84 Å². The maximum Gasteiger partial charge on any atom is 0.305 e. The molecule has 9 atom stereocenters. The summed E-state index contributed by atoms with van der Waals surface area (Å²) in [6.45, 7) is 5.36. The van der Waals surface area contributed by atoms with Crippen LogP contribution in [0, 0.1) is 28.6 Å². The van der Waals surface area contributed by atoms with Crippen LogP contribution in [0.3, 0.4) is 0 Å². The van der Waals surface area contributed by atoms with E-state index in [9.17, 15) is 14.7 Å². The second kappa shape index (κ2) is 8.36. The van der Waals surface area contributed by atoms with Crippen LogP contribution >= 0.6 is 0 Å². The molecule has 1 aromatic carbocycles. The highest BCUT2D eigenvalue weighted by Crippen LogP contribution is 2.69. The first kappa shape index (κ1) is 24.4. The van der Waals surface area contributed by atoms with Crippen LogP contribution in [0.4, 0.5) is 8.78 Å². The summed E-state index contributed by atoms with van der Waals surface area (Å²) in [4.78, 5) is 24.5. The molecule has 0 heterocycles. The van der Waals surface area contributed by atoms with Gasteiger partial charge in [0, 0.05) is 23.2 Å². The highest BCUT2D eigenvalue weighted by Gasteiger charge is 2.74. The van der Waals surface area contributed by atoms with Crippen molar-refractivity contribution in [2.24, 2.45) is 28.6 Å². The first-order chi connectivity index (χ1) is 16.6. The van der Waals surface area contributed by atoms with Gasteiger partial charge in [0.1, 0.15) is 12.3 Å². The van der Waals surface area contributed by atoms with Crippen LogP contribution < -0.4 is 0 Å². The van der Waals surface area contributed by atoms with Crippen LogP contribution in [0.15, 0.2) is 54.1 Å². The lowest BCUT2D eigenvalue weighted by Gasteiger charge is -2.62. The number of aliphatic hydroxyl groups is 1. The maximum atomic E-state index is 17.4. The van der Waals surface area contributed by atoms with Gasteiger partial charge >= 0.3 is 5.97 Å².